The Hall–Kier alpha value is -1.94. The van der Waals surface area contributed by atoms with Crippen molar-refractivity contribution in [1.29, 1.82) is 0 Å². The van der Waals surface area contributed by atoms with Gasteiger partial charge in [0.15, 0.2) is 13.2 Å². The standard InChI is InChI=1S/C17H18ClNO6S2/c1-27(22,23)19-9-8-14-6-7-16(26-14)15(20)10-25-17(21)11-24-13-4-2-12(18)3-5-13/h2-7,19H,8-11H2,1H3. The first-order chi connectivity index (χ1) is 12.7. The van der Waals surface area contributed by atoms with Gasteiger partial charge in [-0.2, -0.15) is 0 Å². The number of hydrogen-bond acceptors (Lipinski definition) is 7. The average Bonchev–Trinajstić information content (AvgIpc) is 3.07. The van der Waals surface area contributed by atoms with Gasteiger partial charge in [-0.25, -0.2) is 17.9 Å². The number of ketones is 1. The van der Waals surface area contributed by atoms with Crippen LogP contribution in [0.4, 0.5) is 0 Å². The lowest BCUT2D eigenvalue weighted by Crippen LogP contribution is -2.24. The van der Waals surface area contributed by atoms with Gasteiger partial charge < -0.3 is 9.47 Å². The highest BCUT2D eigenvalue weighted by atomic mass is 35.5. The van der Waals surface area contributed by atoms with E-state index in [1.807, 2.05) is 0 Å². The molecule has 0 fully saturated rings. The molecule has 2 rings (SSSR count). The fourth-order valence-corrected chi connectivity index (χ4v) is 3.48. The van der Waals surface area contributed by atoms with E-state index in [1.165, 1.54) is 11.3 Å². The number of nitrogens with one attached hydrogen (secondary N) is 1. The van der Waals surface area contributed by atoms with Crippen molar-refractivity contribution >= 4 is 44.7 Å². The van der Waals surface area contributed by atoms with E-state index in [2.05, 4.69) is 4.72 Å². The molecule has 0 aliphatic heterocycles. The number of carbonyl (C=O) groups is 2. The molecule has 0 saturated carbocycles. The minimum absolute atomic E-state index is 0.254. The van der Waals surface area contributed by atoms with Crippen LogP contribution in [0.3, 0.4) is 0 Å². The molecule has 1 N–H and O–H groups in total. The van der Waals surface area contributed by atoms with Crippen LogP contribution in [0.25, 0.3) is 0 Å². The van der Waals surface area contributed by atoms with Crippen LogP contribution < -0.4 is 9.46 Å². The number of rotatable bonds is 10. The van der Waals surface area contributed by atoms with E-state index in [0.717, 1.165) is 11.1 Å². The van der Waals surface area contributed by atoms with Gasteiger partial charge in [0.25, 0.3) is 0 Å². The van der Waals surface area contributed by atoms with Gasteiger partial charge in [-0.05, 0) is 42.8 Å². The van der Waals surface area contributed by atoms with Crippen LogP contribution in [0.15, 0.2) is 36.4 Å². The molecular weight excluding hydrogens is 414 g/mol. The summed E-state index contributed by atoms with van der Waals surface area (Å²) < 4.78 is 34.6. The van der Waals surface area contributed by atoms with Gasteiger partial charge in [-0.1, -0.05) is 11.6 Å². The van der Waals surface area contributed by atoms with Crippen molar-refractivity contribution in [3.05, 3.63) is 51.2 Å². The third-order valence-electron chi connectivity index (χ3n) is 3.21. The van der Waals surface area contributed by atoms with Crippen LogP contribution >= 0.6 is 22.9 Å². The molecule has 0 spiro atoms. The maximum atomic E-state index is 12.1. The highest BCUT2D eigenvalue weighted by molar-refractivity contribution is 7.88. The van der Waals surface area contributed by atoms with Crippen LogP contribution in [0.5, 0.6) is 5.75 Å². The Morgan fingerprint density at radius 3 is 2.48 bits per heavy atom. The van der Waals surface area contributed by atoms with Gasteiger partial charge in [-0.15, -0.1) is 11.3 Å². The van der Waals surface area contributed by atoms with Crippen molar-refractivity contribution in [2.75, 3.05) is 26.0 Å². The second kappa shape index (κ2) is 9.84. The molecule has 1 aromatic heterocycles. The normalized spacial score (nSPS) is 11.2. The predicted molar refractivity (Wildman–Crippen MR) is 103 cm³/mol. The van der Waals surface area contributed by atoms with E-state index in [0.29, 0.717) is 22.1 Å². The first-order valence-electron chi connectivity index (χ1n) is 7.83. The zero-order chi connectivity index (χ0) is 19.9. The Bertz CT molecular complexity index is 892. The summed E-state index contributed by atoms with van der Waals surface area (Å²) in [6, 6.07) is 9.87. The number of ether oxygens (including phenoxy) is 2. The third kappa shape index (κ3) is 8.08. The molecule has 0 aliphatic carbocycles. The molecule has 10 heteroatoms. The summed E-state index contributed by atoms with van der Waals surface area (Å²) >= 11 is 6.99. The summed E-state index contributed by atoms with van der Waals surface area (Å²) in [5.41, 5.74) is 0. The second-order valence-electron chi connectivity index (χ2n) is 5.51. The van der Waals surface area contributed by atoms with E-state index >= 15 is 0 Å². The van der Waals surface area contributed by atoms with Gasteiger partial charge in [0.2, 0.25) is 15.8 Å². The average molecular weight is 432 g/mol. The lowest BCUT2D eigenvalue weighted by Gasteiger charge is -2.06. The molecule has 0 atom stereocenters. The second-order valence-corrected chi connectivity index (χ2v) is 8.95. The van der Waals surface area contributed by atoms with E-state index in [4.69, 9.17) is 21.1 Å². The summed E-state index contributed by atoms with van der Waals surface area (Å²) in [4.78, 5) is 25.0. The van der Waals surface area contributed by atoms with Gasteiger partial charge in [0.05, 0.1) is 11.1 Å². The highest BCUT2D eigenvalue weighted by Gasteiger charge is 2.13. The zero-order valence-corrected chi connectivity index (χ0v) is 16.8. The van der Waals surface area contributed by atoms with Crippen LogP contribution in [0.2, 0.25) is 5.02 Å². The Balaban J connectivity index is 1.73. The predicted octanol–water partition coefficient (Wildman–Crippen LogP) is 2.30. The number of sulfonamides is 1. The van der Waals surface area contributed by atoms with E-state index in [1.54, 1.807) is 36.4 Å². The number of carbonyl (C=O) groups excluding carboxylic acids is 2. The maximum absolute atomic E-state index is 12.1. The van der Waals surface area contributed by atoms with Crippen molar-refractivity contribution in [3.8, 4) is 5.75 Å². The van der Waals surface area contributed by atoms with Crippen molar-refractivity contribution in [1.82, 2.24) is 4.72 Å². The SMILES string of the molecule is CS(=O)(=O)NCCc1ccc(C(=O)COC(=O)COc2ccc(Cl)cc2)s1. The van der Waals surface area contributed by atoms with Crippen LogP contribution in [-0.2, 0) is 26.0 Å². The summed E-state index contributed by atoms with van der Waals surface area (Å²) in [5.74, 6) is -0.525. The lowest BCUT2D eigenvalue weighted by atomic mass is 10.3. The topological polar surface area (TPSA) is 98.8 Å². The molecule has 1 aromatic carbocycles. The van der Waals surface area contributed by atoms with Gasteiger partial charge in [0.1, 0.15) is 5.75 Å². The first-order valence-corrected chi connectivity index (χ1v) is 10.9. The van der Waals surface area contributed by atoms with Crippen LogP contribution in [0.1, 0.15) is 14.5 Å². The molecule has 27 heavy (non-hydrogen) atoms. The molecule has 0 aliphatic rings. The molecule has 0 saturated heterocycles. The van der Waals surface area contributed by atoms with Gasteiger partial charge in [-0.3, -0.25) is 4.79 Å². The van der Waals surface area contributed by atoms with Crippen molar-refractivity contribution in [2.45, 2.75) is 6.42 Å². The number of hydrogen-bond donors (Lipinski definition) is 1. The first kappa shape index (κ1) is 21.4. The zero-order valence-electron chi connectivity index (χ0n) is 14.4. The Kier molecular flexibility index (Phi) is 7.78. The summed E-state index contributed by atoms with van der Waals surface area (Å²) in [6.45, 7) is -0.448. The maximum Gasteiger partial charge on any atom is 0.344 e. The summed E-state index contributed by atoms with van der Waals surface area (Å²) in [5, 5.41) is 0.554. The minimum Gasteiger partial charge on any atom is -0.482 e. The molecule has 0 radical (unpaired) electrons. The molecule has 0 amide bonds. The van der Waals surface area contributed by atoms with Crippen LogP contribution in [0, 0.1) is 0 Å². The fourth-order valence-electron chi connectivity index (χ4n) is 1.95. The Morgan fingerprint density at radius 1 is 1.11 bits per heavy atom. The molecule has 0 unspecified atom stereocenters. The number of benzene rings is 1. The summed E-state index contributed by atoms with van der Waals surface area (Å²) in [6.07, 6.45) is 1.56. The Morgan fingerprint density at radius 2 is 1.81 bits per heavy atom. The van der Waals surface area contributed by atoms with Crippen molar-refractivity contribution in [2.24, 2.45) is 0 Å². The van der Waals surface area contributed by atoms with E-state index in [-0.39, 0.29) is 25.5 Å². The van der Waals surface area contributed by atoms with Crippen LogP contribution in [-0.4, -0.2) is 46.2 Å². The molecular formula is C17H18ClNO6S2. The number of halogens is 1. The highest BCUT2D eigenvalue weighted by Crippen LogP contribution is 2.18. The van der Waals surface area contributed by atoms with E-state index in [9.17, 15) is 18.0 Å². The number of thiophene rings is 1. The van der Waals surface area contributed by atoms with Gasteiger partial charge in [0, 0.05) is 16.4 Å². The fraction of sp³-hybridized carbons (Fsp3) is 0.294. The molecule has 7 nitrogen and oxygen atoms in total. The van der Waals surface area contributed by atoms with Gasteiger partial charge >= 0.3 is 5.97 Å². The van der Waals surface area contributed by atoms with E-state index < -0.39 is 16.0 Å². The summed E-state index contributed by atoms with van der Waals surface area (Å²) in [7, 11) is -3.24. The van der Waals surface area contributed by atoms with Crippen molar-refractivity contribution in [3.63, 3.8) is 0 Å². The largest absolute Gasteiger partial charge is 0.482 e. The molecule has 2 aromatic rings. The molecule has 1 heterocycles. The number of Topliss-reactive ketones (excluding diaryl/α,β-unsaturated/α-hetero) is 1. The minimum atomic E-state index is -3.24. The monoisotopic (exact) mass is 431 g/mol. The Labute approximate surface area is 166 Å². The number of esters is 1. The molecule has 0 bridgehead atoms. The lowest BCUT2D eigenvalue weighted by molar-refractivity contribution is -0.144. The quantitative estimate of drug-likeness (QED) is 0.457. The van der Waals surface area contributed by atoms with Crippen molar-refractivity contribution < 1.29 is 27.5 Å². The smallest absolute Gasteiger partial charge is 0.344 e. The molecule has 146 valence electrons. The third-order valence-corrected chi connectivity index (χ3v) is 5.37.